The lowest BCUT2D eigenvalue weighted by molar-refractivity contribution is -0.143. The summed E-state index contributed by atoms with van der Waals surface area (Å²) in [7, 11) is 0. The Morgan fingerprint density at radius 2 is 2.25 bits per heavy atom. The second-order valence-electron chi connectivity index (χ2n) is 2.47. The molecule has 0 bridgehead atoms. The van der Waals surface area contributed by atoms with Gasteiger partial charge in [0, 0.05) is 11.8 Å². The van der Waals surface area contributed by atoms with Gasteiger partial charge in [0.15, 0.2) is 0 Å². The summed E-state index contributed by atoms with van der Waals surface area (Å²) in [6.45, 7) is 0.941. The maximum absolute atomic E-state index is 10.9. The predicted octanol–water partition coefficient (Wildman–Crippen LogP) is -0.127. The van der Waals surface area contributed by atoms with Crippen molar-refractivity contribution in [2.45, 2.75) is 24.6 Å². The number of carbonyl (C=O) groups is 1. The van der Waals surface area contributed by atoms with E-state index in [0.29, 0.717) is 32.4 Å². The van der Waals surface area contributed by atoms with E-state index in [0.717, 1.165) is 0 Å². The van der Waals surface area contributed by atoms with Crippen molar-refractivity contribution >= 4 is 18.6 Å². The van der Waals surface area contributed by atoms with Gasteiger partial charge in [-0.3, -0.25) is 4.79 Å². The molecule has 0 aromatic heterocycles. The van der Waals surface area contributed by atoms with Gasteiger partial charge in [-0.1, -0.05) is 0 Å². The van der Waals surface area contributed by atoms with Crippen LogP contribution in [0.2, 0.25) is 0 Å². The maximum Gasteiger partial charge on any atom is 0.305 e. The van der Waals surface area contributed by atoms with Crippen molar-refractivity contribution in [3.8, 4) is 0 Å². The van der Waals surface area contributed by atoms with E-state index in [2.05, 4.69) is 12.6 Å². The van der Waals surface area contributed by atoms with Crippen LogP contribution in [-0.4, -0.2) is 24.5 Å². The van der Waals surface area contributed by atoms with E-state index in [9.17, 15) is 4.79 Å². The second-order valence-corrected chi connectivity index (χ2v) is 3.13. The summed E-state index contributed by atoms with van der Waals surface area (Å²) in [5.41, 5.74) is 10.5. The molecule has 0 radical (unpaired) electrons. The molecule has 0 rings (SSSR count). The number of hydrogen-bond donors (Lipinski definition) is 3. The Kier molecular flexibility index (Phi) is 7.23. The van der Waals surface area contributed by atoms with Crippen LogP contribution in [0.3, 0.4) is 0 Å². The topological polar surface area (TPSA) is 78.3 Å². The lowest BCUT2D eigenvalue weighted by Gasteiger charge is -2.04. The first-order valence-electron chi connectivity index (χ1n) is 3.96. The zero-order valence-electron chi connectivity index (χ0n) is 7.03. The molecule has 5 heteroatoms. The van der Waals surface area contributed by atoms with Crippen LogP contribution in [0.25, 0.3) is 0 Å². The third-order valence-electron chi connectivity index (χ3n) is 1.26. The Morgan fingerprint density at radius 3 is 2.75 bits per heavy atom. The average molecular weight is 192 g/mol. The number of esters is 1. The number of rotatable bonds is 6. The lowest BCUT2D eigenvalue weighted by atomic mass is 10.3. The summed E-state index contributed by atoms with van der Waals surface area (Å²) in [6.07, 6.45) is 1.58. The van der Waals surface area contributed by atoms with E-state index in [1.807, 2.05) is 0 Å². The third kappa shape index (κ3) is 7.84. The van der Waals surface area contributed by atoms with Gasteiger partial charge in [0.25, 0.3) is 0 Å². The predicted molar refractivity (Wildman–Crippen MR) is 50.8 cm³/mol. The number of hydrogen-bond acceptors (Lipinski definition) is 5. The SMILES string of the molecule is NCCCOC(=O)CCC(N)S. The van der Waals surface area contributed by atoms with Crippen molar-refractivity contribution < 1.29 is 9.53 Å². The van der Waals surface area contributed by atoms with Gasteiger partial charge < -0.3 is 16.2 Å². The first kappa shape index (κ1) is 11.7. The monoisotopic (exact) mass is 192 g/mol. The fraction of sp³-hybridized carbons (Fsp3) is 0.857. The van der Waals surface area contributed by atoms with Crippen molar-refractivity contribution in [1.29, 1.82) is 0 Å². The van der Waals surface area contributed by atoms with Gasteiger partial charge in [-0.05, 0) is 19.4 Å². The Morgan fingerprint density at radius 1 is 1.58 bits per heavy atom. The molecule has 0 aliphatic rings. The molecular formula is C7H16N2O2S. The van der Waals surface area contributed by atoms with E-state index in [4.69, 9.17) is 16.2 Å². The average Bonchev–Trinajstić information content (AvgIpc) is 2.01. The van der Waals surface area contributed by atoms with Crippen LogP contribution in [-0.2, 0) is 9.53 Å². The standard InChI is InChI=1S/C7H16N2O2S/c8-4-1-5-11-7(10)3-2-6(9)12/h6,12H,1-5,8-9H2. The zero-order chi connectivity index (χ0) is 9.40. The van der Waals surface area contributed by atoms with Crippen LogP contribution < -0.4 is 11.5 Å². The van der Waals surface area contributed by atoms with Crippen molar-refractivity contribution in [2.24, 2.45) is 11.5 Å². The molecule has 0 amide bonds. The van der Waals surface area contributed by atoms with Gasteiger partial charge >= 0.3 is 5.97 Å². The first-order chi connectivity index (χ1) is 5.66. The molecule has 0 fully saturated rings. The van der Waals surface area contributed by atoms with E-state index < -0.39 is 0 Å². The summed E-state index contributed by atoms with van der Waals surface area (Å²) in [5, 5.41) is -0.243. The van der Waals surface area contributed by atoms with Crippen LogP contribution in [0.5, 0.6) is 0 Å². The Balaban J connectivity index is 3.22. The summed E-state index contributed by atoms with van der Waals surface area (Å²) >= 11 is 3.93. The molecule has 0 aromatic carbocycles. The van der Waals surface area contributed by atoms with E-state index >= 15 is 0 Å². The molecule has 0 aliphatic heterocycles. The van der Waals surface area contributed by atoms with Gasteiger partial charge in [0.2, 0.25) is 0 Å². The van der Waals surface area contributed by atoms with Crippen LogP contribution in [0.15, 0.2) is 0 Å². The number of thiol groups is 1. The van der Waals surface area contributed by atoms with Crippen LogP contribution in [0.4, 0.5) is 0 Å². The highest BCUT2D eigenvalue weighted by Gasteiger charge is 2.03. The van der Waals surface area contributed by atoms with Gasteiger partial charge in [-0.25, -0.2) is 0 Å². The first-order valence-corrected chi connectivity index (χ1v) is 4.47. The van der Waals surface area contributed by atoms with Crippen molar-refractivity contribution in [2.75, 3.05) is 13.2 Å². The highest BCUT2D eigenvalue weighted by molar-refractivity contribution is 7.80. The summed E-state index contributed by atoms with van der Waals surface area (Å²) in [6, 6.07) is 0. The van der Waals surface area contributed by atoms with E-state index in [1.54, 1.807) is 0 Å². The van der Waals surface area contributed by atoms with Gasteiger partial charge in [-0.15, -0.1) is 0 Å². The largest absolute Gasteiger partial charge is 0.466 e. The molecular weight excluding hydrogens is 176 g/mol. The van der Waals surface area contributed by atoms with Crippen molar-refractivity contribution in [1.82, 2.24) is 0 Å². The van der Waals surface area contributed by atoms with Gasteiger partial charge in [-0.2, -0.15) is 12.6 Å². The molecule has 4 nitrogen and oxygen atoms in total. The fourth-order valence-electron chi connectivity index (χ4n) is 0.607. The normalized spacial score (nSPS) is 12.6. The van der Waals surface area contributed by atoms with Crippen LogP contribution >= 0.6 is 12.6 Å². The quantitative estimate of drug-likeness (QED) is 0.237. The number of carbonyl (C=O) groups excluding carboxylic acids is 1. The molecule has 0 aromatic rings. The van der Waals surface area contributed by atoms with E-state index in [-0.39, 0.29) is 11.3 Å². The summed E-state index contributed by atoms with van der Waals surface area (Å²) < 4.78 is 4.82. The summed E-state index contributed by atoms with van der Waals surface area (Å²) in [5.74, 6) is -0.229. The molecule has 0 aliphatic carbocycles. The minimum absolute atomic E-state index is 0.229. The number of nitrogens with two attached hydrogens (primary N) is 2. The number of ether oxygens (including phenoxy) is 1. The van der Waals surface area contributed by atoms with Gasteiger partial charge in [0.1, 0.15) is 0 Å². The fourth-order valence-corrected chi connectivity index (χ4v) is 0.736. The highest BCUT2D eigenvalue weighted by atomic mass is 32.1. The smallest absolute Gasteiger partial charge is 0.305 e. The maximum atomic E-state index is 10.9. The van der Waals surface area contributed by atoms with Crippen LogP contribution in [0, 0.1) is 0 Å². The molecule has 0 saturated heterocycles. The molecule has 12 heavy (non-hydrogen) atoms. The Labute approximate surface area is 78.0 Å². The van der Waals surface area contributed by atoms with Crippen molar-refractivity contribution in [3.05, 3.63) is 0 Å². The van der Waals surface area contributed by atoms with Gasteiger partial charge in [0.05, 0.1) is 6.61 Å². The minimum atomic E-state index is -0.243. The molecule has 72 valence electrons. The molecule has 0 saturated carbocycles. The van der Waals surface area contributed by atoms with Crippen molar-refractivity contribution in [3.63, 3.8) is 0 Å². The molecule has 4 N–H and O–H groups in total. The second kappa shape index (κ2) is 7.39. The zero-order valence-corrected chi connectivity index (χ0v) is 7.93. The lowest BCUT2D eigenvalue weighted by Crippen LogP contribution is -2.16. The molecule has 1 atom stereocenters. The Hall–Kier alpha value is -0.260. The third-order valence-corrected chi connectivity index (χ3v) is 1.51. The highest BCUT2D eigenvalue weighted by Crippen LogP contribution is 1.99. The molecule has 0 spiro atoms. The molecule has 0 heterocycles. The van der Waals surface area contributed by atoms with Crippen LogP contribution in [0.1, 0.15) is 19.3 Å². The van der Waals surface area contributed by atoms with E-state index in [1.165, 1.54) is 0 Å². The summed E-state index contributed by atoms with van der Waals surface area (Å²) in [4.78, 5) is 10.9. The Bertz CT molecular complexity index is 131. The minimum Gasteiger partial charge on any atom is -0.466 e. The molecule has 1 unspecified atom stereocenters.